The first-order chi connectivity index (χ1) is 14.2. The van der Waals surface area contributed by atoms with Crippen LogP contribution < -0.4 is 0 Å². The van der Waals surface area contributed by atoms with Crippen LogP contribution in [0.25, 0.3) is 0 Å². The number of hydrogen-bond acceptors (Lipinski definition) is 7. The molecule has 0 aromatic heterocycles. The Bertz CT molecular complexity index is 960. The minimum atomic E-state index is -3.20. The topological polar surface area (TPSA) is 113 Å². The number of nitrogens with zero attached hydrogens (tertiary/aromatic N) is 3. The minimum absolute atomic E-state index is 0.00394. The lowest BCUT2D eigenvalue weighted by molar-refractivity contribution is -0.153. The van der Waals surface area contributed by atoms with Crippen molar-refractivity contribution in [2.45, 2.75) is 44.9 Å². The van der Waals surface area contributed by atoms with Crippen molar-refractivity contribution in [2.24, 2.45) is 5.10 Å². The number of likely N-dealkylation sites (N-methyl/N-ethyl adjacent to an activating group) is 1. The highest BCUT2D eigenvalue weighted by Crippen LogP contribution is 2.22. The standard InChI is InChI=1S/C20H25N3O6S/c1-14(19(25)22(2)12-15-6-4-3-5-7-15)29-20(26)17-8-9-18(24)23(21-17)16-10-11-30(27,28)13-16/h3-7,14,16H,8-13H2,1-2H3/t14-,16+/m1/s1. The number of sulfone groups is 1. The first-order valence-electron chi connectivity index (χ1n) is 9.76. The zero-order valence-electron chi connectivity index (χ0n) is 17.0. The zero-order chi connectivity index (χ0) is 21.9. The highest BCUT2D eigenvalue weighted by molar-refractivity contribution is 7.91. The van der Waals surface area contributed by atoms with Gasteiger partial charge in [0.25, 0.3) is 5.91 Å². The molecule has 0 bridgehead atoms. The van der Waals surface area contributed by atoms with Crippen LogP contribution in [0.4, 0.5) is 0 Å². The van der Waals surface area contributed by atoms with E-state index in [1.54, 1.807) is 7.05 Å². The maximum Gasteiger partial charge on any atom is 0.355 e. The molecule has 162 valence electrons. The SMILES string of the molecule is C[C@@H](OC(=O)C1=NN([C@H]2CCS(=O)(=O)C2)C(=O)CC1)C(=O)N(C)Cc1ccccc1. The maximum absolute atomic E-state index is 12.5. The molecule has 0 spiro atoms. The average molecular weight is 436 g/mol. The van der Waals surface area contributed by atoms with Crippen molar-refractivity contribution < 1.29 is 27.5 Å². The lowest BCUT2D eigenvalue weighted by atomic mass is 10.1. The number of carbonyl (C=O) groups excluding carboxylic acids is 3. The van der Waals surface area contributed by atoms with E-state index in [2.05, 4.69) is 5.10 Å². The Morgan fingerprint density at radius 1 is 1.27 bits per heavy atom. The fourth-order valence-electron chi connectivity index (χ4n) is 3.50. The Morgan fingerprint density at radius 3 is 2.60 bits per heavy atom. The lowest BCUT2D eigenvalue weighted by Gasteiger charge is -2.28. The highest BCUT2D eigenvalue weighted by atomic mass is 32.2. The summed E-state index contributed by atoms with van der Waals surface area (Å²) in [5, 5.41) is 5.17. The van der Waals surface area contributed by atoms with Crippen molar-refractivity contribution >= 4 is 33.3 Å². The lowest BCUT2D eigenvalue weighted by Crippen LogP contribution is -2.43. The van der Waals surface area contributed by atoms with Gasteiger partial charge in [-0.3, -0.25) is 9.59 Å². The summed E-state index contributed by atoms with van der Waals surface area (Å²) in [6.07, 6.45) is -0.597. The number of rotatable bonds is 6. The minimum Gasteiger partial charge on any atom is -0.448 e. The third-order valence-electron chi connectivity index (χ3n) is 5.12. The van der Waals surface area contributed by atoms with Crippen LogP contribution in [0.15, 0.2) is 35.4 Å². The quantitative estimate of drug-likeness (QED) is 0.609. The molecule has 0 aliphatic carbocycles. The van der Waals surface area contributed by atoms with Crippen molar-refractivity contribution in [3.8, 4) is 0 Å². The molecule has 0 N–H and O–H groups in total. The van der Waals surface area contributed by atoms with Gasteiger partial charge in [0.05, 0.1) is 17.5 Å². The Labute approximate surface area is 175 Å². The fraction of sp³-hybridized carbons (Fsp3) is 0.500. The molecule has 3 rings (SSSR count). The van der Waals surface area contributed by atoms with Crippen LogP contribution in [-0.2, 0) is 35.5 Å². The van der Waals surface area contributed by atoms with Crippen molar-refractivity contribution in [1.29, 1.82) is 0 Å². The molecule has 1 saturated heterocycles. The number of amides is 2. The smallest absolute Gasteiger partial charge is 0.355 e. The first kappa shape index (κ1) is 21.9. The van der Waals surface area contributed by atoms with E-state index in [1.165, 1.54) is 11.8 Å². The van der Waals surface area contributed by atoms with Gasteiger partial charge in [0.1, 0.15) is 5.71 Å². The number of ether oxygens (including phenoxy) is 1. The second-order valence-electron chi connectivity index (χ2n) is 7.57. The van der Waals surface area contributed by atoms with E-state index in [9.17, 15) is 22.8 Å². The zero-order valence-corrected chi connectivity index (χ0v) is 17.8. The van der Waals surface area contributed by atoms with Crippen LogP contribution in [-0.4, -0.2) is 72.5 Å². The molecule has 2 heterocycles. The first-order valence-corrected chi connectivity index (χ1v) is 11.6. The molecule has 2 atom stereocenters. The van der Waals surface area contributed by atoms with E-state index in [1.807, 2.05) is 30.3 Å². The Morgan fingerprint density at radius 2 is 1.97 bits per heavy atom. The summed E-state index contributed by atoms with van der Waals surface area (Å²) in [5.74, 6) is -1.62. The number of carbonyl (C=O) groups is 3. The van der Waals surface area contributed by atoms with Gasteiger partial charge in [-0.2, -0.15) is 5.10 Å². The van der Waals surface area contributed by atoms with E-state index < -0.39 is 28.0 Å². The van der Waals surface area contributed by atoms with E-state index >= 15 is 0 Å². The fourth-order valence-corrected chi connectivity index (χ4v) is 5.19. The van der Waals surface area contributed by atoms with Gasteiger partial charge in [-0.15, -0.1) is 0 Å². The molecule has 1 aromatic rings. The van der Waals surface area contributed by atoms with Crippen molar-refractivity contribution in [2.75, 3.05) is 18.6 Å². The third-order valence-corrected chi connectivity index (χ3v) is 6.87. The monoisotopic (exact) mass is 435 g/mol. The van der Waals surface area contributed by atoms with Gasteiger partial charge >= 0.3 is 5.97 Å². The Hall–Kier alpha value is -2.75. The number of hydrogen-bond donors (Lipinski definition) is 0. The predicted molar refractivity (Wildman–Crippen MR) is 109 cm³/mol. The van der Waals surface area contributed by atoms with E-state index in [0.29, 0.717) is 13.0 Å². The molecule has 0 saturated carbocycles. The molecular formula is C20H25N3O6S. The molecule has 2 aliphatic rings. The molecule has 2 amide bonds. The average Bonchev–Trinajstić information content (AvgIpc) is 3.07. The van der Waals surface area contributed by atoms with Gasteiger partial charge in [0, 0.05) is 26.4 Å². The van der Waals surface area contributed by atoms with Crippen LogP contribution in [0.1, 0.15) is 31.7 Å². The molecule has 0 unspecified atom stereocenters. The predicted octanol–water partition coefficient (Wildman–Crippen LogP) is 0.742. The van der Waals surface area contributed by atoms with Gasteiger partial charge in [-0.25, -0.2) is 18.2 Å². The highest BCUT2D eigenvalue weighted by Gasteiger charge is 2.38. The molecule has 2 aliphatic heterocycles. The Balaban J connectivity index is 1.62. The second-order valence-corrected chi connectivity index (χ2v) is 9.80. The molecule has 30 heavy (non-hydrogen) atoms. The number of hydrazone groups is 1. The van der Waals surface area contributed by atoms with Gasteiger partial charge < -0.3 is 9.64 Å². The molecule has 10 heteroatoms. The van der Waals surface area contributed by atoms with E-state index in [4.69, 9.17) is 4.74 Å². The summed E-state index contributed by atoms with van der Waals surface area (Å²) in [6, 6.07) is 8.86. The summed E-state index contributed by atoms with van der Waals surface area (Å²) in [4.78, 5) is 38.7. The van der Waals surface area contributed by atoms with Crippen molar-refractivity contribution in [3.63, 3.8) is 0 Å². The van der Waals surface area contributed by atoms with Crippen LogP contribution in [0.2, 0.25) is 0 Å². The van der Waals surface area contributed by atoms with Crippen LogP contribution in [0.5, 0.6) is 0 Å². The van der Waals surface area contributed by atoms with Crippen molar-refractivity contribution in [3.05, 3.63) is 35.9 Å². The molecule has 0 radical (unpaired) electrons. The molecule has 1 aromatic carbocycles. The third kappa shape index (κ3) is 5.24. The van der Waals surface area contributed by atoms with Crippen LogP contribution >= 0.6 is 0 Å². The van der Waals surface area contributed by atoms with E-state index in [0.717, 1.165) is 10.6 Å². The van der Waals surface area contributed by atoms with Gasteiger partial charge in [-0.1, -0.05) is 30.3 Å². The van der Waals surface area contributed by atoms with Gasteiger partial charge in [0.15, 0.2) is 15.9 Å². The molecular weight excluding hydrogens is 410 g/mol. The molecule has 9 nitrogen and oxygen atoms in total. The summed E-state index contributed by atoms with van der Waals surface area (Å²) in [6.45, 7) is 1.86. The molecule has 1 fully saturated rings. The Kier molecular flexibility index (Phi) is 6.55. The summed E-state index contributed by atoms with van der Waals surface area (Å²) in [5.41, 5.74) is 0.966. The van der Waals surface area contributed by atoms with Crippen LogP contribution in [0, 0.1) is 0 Å². The van der Waals surface area contributed by atoms with Gasteiger partial charge in [-0.05, 0) is 18.9 Å². The normalized spacial score (nSPS) is 21.7. The summed E-state index contributed by atoms with van der Waals surface area (Å²) in [7, 11) is -1.58. The van der Waals surface area contributed by atoms with Crippen LogP contribution in [0.3, 0.4) is 0 Å². The summed E-state index contributed by atoms with van der Waals surface area (Å²) < 4.78 is 28.7. The summed E-state index contributed by atoms with van der Waals surface area (Å²) >= 11 is 0. The number of benzene rings is 1. The van der Waals surface area contributed by atoms with Crippen molar-refractivity contribution in [1.82, 2.24) is 9.91 Å². The largest absolute Gasteiger partial charge is 0.448 e. The van der Waals surface area contributed by atoms with Gasteiger partial charge in [0.2, 0.25) is 5.91 Å². The van der Waals surface area contributed by atoms with E-state index in [-0.39, 0.29) is 41.9 Å². The maximum atomic E-state index is 12.5. The second kappa shape index (κ2) is 8.95. The number of esters is 1.